The van der Waals surface area contributed by atoms with Crippen molar-refractivity contribution in [3.8, 4) is 0 Å². The minimum absolute atomic E-state index is 0.113. The van der Waals surface area contributed by atoms with Crippen molar-refractivity contribution in [2.45, 2.75) is 75.9 Å². The molecule has 0 amide bonds. The highest BCUT2D eigenvalue weighted by atomic mass is 19.4. The van der Waals surface area contributed by atoms with Crippen molar-refractivity contribution in [1.29, 1.82) is 0 Å². The van der Waals surface area contributed by atoms with Gasteiger partial charge in [-0.1, -0.05) is 78.9 Å². The second-order valence-corrected chi connectivity index (χ2v) is 16.9. The summed E-state index contributed by atoms with van der Waals surface area (Å²) in [5, 5.41) is 0. The van der Waals surface area contributed by atoms with Crippen molar-refractivity contribution < 1.29 is 119 Å². The van der Waals surface area contributed by atoms with E-state index in [2.05, 4.69) is 0 Å². The Morgan fingerprint density at radius 3 is 0.882 bits per heavy atom. The number of benzene rings is 5. The molecule has 0 aliphatic rings. The fourth-order valence-electron chi connectivity index (χ4n) is 7.92. The zero-order valence-corrected chi connectivity index (χ0v) is 37.8. The number of aromatic nitrogens is 1. The molecule has 1 heterocycles. The average molecular weight is 1120 g/mol. The van der Waals surface area contributed by atoms with Crippen LogP contribution in [0.2, 0.25) is 0 Å². The molecule has 0 fully saturated rings. The molecular weight excluding hydrogens is 1090 g/mol. The van der Waals surface area contributed by atoms with Gasteiger partial charge in [0.2, 0.25) is 0 Å². The molecule has 0 N–H and O–H groups in total. The number of rotatable bonds is 8. The van der Waals surface area contributed by atoms with Crippen LogP contribution in [-0.2, 0) is 60.7 Å². The molecule has 5 aromatic carbocycles. The first kappa shape index (κ1) is 60.0. The minimum atomic E-state index is -6.13. The summed E-state index contributed by atoms with van der Waals surface area (Å²) < 4.78 is 348. The first-order valence-corrected chi connectivity index (χ1v) is 21.0. The number of carbonyl (C=O) groups excluding carboxylic acids is 1. The van der Waals surface area contributed by atoms with E-state index in [1.165, 1.54) is 0 Å². The molecule has 410 valence electrons. The summed E-state index contributed by atoms with van der Waals surface area (Å²) in [6.07, 6.45) is -53.0. The molecule has 0 spiro atoms. The van der Waals surface area contributed by atoms with Crippen LogP contribution in [-0.4, -0.2) is 18.2 Å². The second kappa shape index (κ2) is 20.9. The quantitative estimate of drug-likeness (QED) is 0.0658. The molecule has 0 aliphatic heterocycles. The molecule has 76 heavy (non-hydrogen) atoms. The van der Waals surface area contributed by atoms with Crippen LogP contribution in [0.5, 0.6) is 0 Å². The summed E-state index contributed by atoms with van der Waals surface area (Å²) in [5.41, 5.74) is -28.5. The molecule has 6 rings (SSSR count). The van der Waals surface area contributed by atoms with Gasteiger partial charge in [-0.25, -0.2) is 4.79 Å². The van der Waals surface area contributed by atoms with Gasteiger partial charge < -0.3 is 4.74 Å². The zero-order valence-electron chi connectivity index (χ0n) is 37.8. The highest BCUT2D eigenvalue weighted by Crippen LogP contribution is 2.41. The fraction of sp³-hybridized carbons (Fsp3) is 0.250. The molecule has 0 bridgehead atoms. The summed E-state index contributed by atoms with van der Waals surface area (Å²) in [6, 6.07) is 6.77. The van der Waals surface area contributed by atoms with E-state index in [-0.39, 0.29) is 12.1 Å². The number of pyridine rings is 1. The molecule has 3 nitrogen and oxygen atoms in total. The van der Waals surface area contributed by atoms with Crippen LogP contribution in [0.4, 0.5) is 105 Å². The summed E-state index contributed by atoms with van der Waals surface area (Å²) in [6.45, 7) is 4.36. The molecule has 0 unspecified atom stereocenters. The lowest BCUT2D eigenvalue weighted by molar-refractivity contribution is -0.690. The van der Waals surface area contributed by atoms with Crippen LogP contribution in [0.15, 0.2) is 128 Å². The van der Waals surface area contributed by atoms with Gasteiger partial charge in [-0.15, -0.1) is 0 Å². The molecular formula is C48H30BF24NO2. The first-order chi connectivity index (χ1) is 34.4. The monoisotopic (exact) mass is 1120 g/mol. The lowest BCUT2D eigenvalue weighted by atomic mass is 9.12. The van der Waals surface area contributed by atoms with Crippen LogP contribution in [0.1, 0.15) is 74.4 Å². The minimum Gasteiger partial charge on any atom is -0.455 e. The van der Waals surface area contributed by atoms with E-state index in [0.717, 1.165) is 5.56 Å². The Morgan fingerprint density at radius 2 is 0.645 bits per heavy atom. The standard InChI is InChI=1S/C32H12BF24.C16H18NO2/c34-25(35,36)13-1-14(26(37,38)39)6-21(5-13)33(22-7-15(27(40,41)42)2-16(8-22)28(43,44)45,23-9-17(29(46,47)48)3-18(10-23)30(49,50)51)24-11-19(31(52,53)54)4-20(12-24)32(55,56)57;1-13(2)19-16(18)15-10-6-7-11-17(15)12-14-8-4-3-5-9-14/h1-12H;3-11,13H,12H2,1-2H3/q-1;+1. The maximum absolute atomic E-state index is 14.2. The second-order valence-electron chi connectivity index (χ2n) is 16.9. The van der Waals surface area contributed by atoms with Gasteiger partial charge in [0.15, 0.2) is 12.7 Å². The number of nitrogens with zero attached hydrogens (tertiary/aromatic N) is 1. The van der Waals surface area contributed by atoms with E-state index in [9.17, 15) is 110 Å². The predicted octanol–water partition coefficient (Wildman–Crippen LogP) is 13.8. The Labute approximate surface area is 412 Å². The summed E-state index contributed by atoms with van der Waals surface area (Å²) in [4.78, 5) is 12.0. The highest BCUT2D eigenvalue weighted by Gasteiger charge is 2.47. The van der Waals surface area contributed by atoms with Crippen LogP contribution < -0.4 is 26.4 Å². The van der Waals surface area contributed by atoms with E-state index in [1.54, 1.807) is 6.07 Å². The molecule has 6 aromatic rings. The number of halogens is 24. The van der Waals surface area contributed by atoms with Crippen molar-refractivity contribution in [3.63, 3.8) is 0 Å². The molecule has 0 saturated carbocycles. The molecule has 0 saturated heterocycles. The van der Waals surface area contributed by atoms with Crippen molar-refractivity contribution in [1.82, 2.24) is 0 Å². The van der Waals surface area contributed by atoms with Crippen LogP contribution in [0, 0.1) is 0 Å². The van der Waals surface area contributed by atoms with Gasteiger partial charge in [-0.05, 0) is 44.2 Å². The number of hydrogen-bond donors (Lipinski definition) is 0. The summed E-state index contributed by atoms with van der Waals surface area (Å²) >= 11 is 0. The number of esters is 1. The number of ether oxygens (including phenoxy) is 1. The van der Waals surface area contributed by atoms with Gasteiger partial charge in [-0.2, -0.15) is 132 Å². The molecule has 1 aromatic heterocycles. The summed E-state index contributed by atoms with van der Waals surface area (Å²) in [5.74, 6) is -0.286. The largest absolute Gasteiger partial charge is 0.455 e. The predicted molar refractivity (Wildman–Crippen MR) is 223 cm³/mol. The first-order valence-electron chi connectivity index (χ1n) is 21.0. The van der Waals surface area contributed by atoms with Crippen LogP contribution >= 0.6 is 0 Å². The lowest BCUT2D eigenvalue weighted by Crippen LogP contribution is -2.75. The average Bonchev–Trinajstić information content (AvgIpc) is 3.27. The maximum Gasteiger partial charge on any atom is 0.416 e. The third-order valence-electron chi connectivity index (χ3n) is 11.1. The van der Waals surface area contributed by atoms with E-state index in [4.69, 9.17) is 4.74 Å². The van der Waals surface area contributed by atoms with Gasteiger partial charge in [0, 0.05) is 17.7 Å². The van der Waals surface area contributed by atoms with Crippen molar-refractivity contribution >= 4 is 34.0 Å². The van der Waals surface area contributed by atoms with Gasteiger partial charge in [0.05, 0.1) is 50.6 Å². The Hall–Kier alpha value is -6.90. The number of carbonyl (C=O) groups is 1. The van der Waals surface area contributed by atoms with E-state index in [1.807, 2.05) is 67.1 Å². The van der Waals surface area contributed by atoms with Gasteiger partial charge in [0.25, 0.3) is 5.69 Å². The smallest absolute Gasteiger partial charge is 0.416 e. The van der Waals surface area contributed by atoms with E-state index < -0.39 is 195 Å². The molecule has 0 radical (unpaired) electrons. The number of hydrogen-bond acceptors (Lipinski definition) is 2. The maximum atomic E-state index is 14.2. The van der Waals surface area contributed by atoms with Crippen molar-refractivity contribution in [3.05, 3.63) is 183 Å². The van der Waals surface area contributed by atoms with Crippen LogP contribution in [0.25, 0.3) is 0 Å². The Kier molecular flexibility index (Phi) is 16.5. The number of alkyl halides is 24. The Morgan fingerprint density at radius 1 is 0.395 bits per heavy atom. The lowest BCUT2D eigenvalue weighted by Gasteiger charge is -2.46. The molecule has 0 atom stereocenters. The van der Waals surface area contributed by atoms with Crippen molar-refractivity contribution in [2.24, 2.45) is 0 Å². The molecule has 0 aliphatic carbocycles. The van der Waals surface area contributed by atoms with Crippen molar-refractivity contribution in [2.75, 3.05) is 0 Å². The third kappa shape index (κ3) is 14.1. The SMILES string of the molecule is CC(C)OC(=O)c1cccc[n+]1Cc1ccccc1.FC(F)(F)c1cc([B-](c2cc(C(F)(F)F)cc(C(F)(F)F)c2)(c2cc(C(F)(F)F)cc(C(F)(F)F)c2)c2cc(C(F)(F)F)cc(C(F)(F)F)c2)cc(C(F)(F)F)c1. The van der Waals surface area contributed by atoms with Gasteiger partial charge in [-0.3, -0.25) is 0 Å². The van der Waals surface area contributed by atoms with E-state index >= 15 is 0 Å². The van der Waals surface area contributed by atoms with E-state index in [0.29, 0.717) is 12.2 Å². The van der Waals surface area contributed by atoms with Gasteiger partial charge in [0.1, 0.15) is 6.15 Å². The Balaban J connectivity index is 0.000000468. The van der Waals surface area contributed by atoms with Gasteiger partial charge >= 0.3 is 55.4 Å². The Bertz CT molecular complexity index is 2600. The third-order valence-corrected chi connectivity index (χ3v) is 11.1. The molecule has 28 heteroatoms. The topological polar surface area (TPSA) is 30.2 Å². The summed E-state index contributed by atoms with van der Waals surface area (Å²) in [7, 11) is 0. The van der Waals surface area contributed by atoms with Crippen LogP contribution in [0.3, 0.4) is 0 Å². The zero-order chi connectivity index (χ0) is 57.6. The highest BCUT2D eigenvalue weighted by molar-refractivity contribution is 7.20. The normalized spacial score (nSPS) is 13.4. The fourth-order valence-corrected chi connectivity index (χ4v) is 7.92.